The Hall–Kier alpha value is -1.37. The molecule has 2 aromatic rings. The first-order chi connectivity index (χ1) is 6.98. The van der Waals surface area contributed by atoms with Crippen LogP contribution in [0.3, 0.4) is 0 Å². The van der Waals surface area contributed by atoms with Crippen molar-refractivity contribution in [1.82, 2.24) is 4.98 Å². The quantitative estimate of drug-likeness (QED) is 0.628. The molecule has 0 radical (unpaired) electrons. The van der Waals surface area contributed by atoms with Crippen LogP contribution in [-0.2, 0) is 5.41 Å². The molecular formula is C14H17N. The van der Waals surface area contributed by atoms with Crippen molar-refractivity contribution in [3.8, 4) is 0 Å². The van der Waals surface area contributed by atoms with E-state index in [1.165, 1.54) is 22.0 Å². The van der Waals surface area contributed by atoms with Gasteiger partial charge in [-0.2, -0.15) is 0 Å². The molecule has 1 aromatic heterocycles. The third-order valence-corrected chi connectivity index (χ3v) is 2.63. The zero-order valence-corrected chi connectivity index (χ0v) is 9.83. The fourth-order valence-electron chi connectivity index (χ4n) is 1.89. The van der Waals surface area contributed by atoms with E-state index < -0.39 is 0 Å². The van der Waals surface area contributed by atoms with Crippen LogP contribution >= 0.6 is 0 Å². The van der Waals surface area contributed by atoms with Crippen molar-refractivity contribution in [2.24, 2.45) is 0 Å². The molecule has 0 aliphatic carbocycles. The van der Waals surface area contributed by atoms with Crippen LogP contribution in [0.25, 0.3) is 10.8 Å². The highest BCUT2D eigenvalue weighted by molar-refractivity contribution is 5.85. The van der Waals surface area contributed by atoms with Gasteiger partial charge in [-0.05, 0) is 18.4 Å². The standard InChI is InChI=1S/C14H17N/c1-10-5-6-12-11(9-10)7-8-15-13(12)14(2,3)4/h5-9H,1-4H3. The maximum Gasteiger partial charge on any atom is 0.0535 e. The molecule has 1 nitrogen and oxygen atoms in total. The summed E-state index contributed by atoms with van der Waals surface area (Å²) in [5.74, 6) is 0. The maximum atomic E-state index is 4.51. The summed E-state index contributed by atoms with van der Waals surface area (Å²) in [4.78, 5) is 4.51. The van der Waals surface area contributed by atoms with E-state index in [0.29, 0.717) is 0 Å². The molecule has 0 amide bonds. The molecule has 0 saturated heterocycles. The van der Waals surface area contributed by atoms with Crippen molar-refractivity contribution in [3.05, 3.63) is 41.7 Å². The summed E-state index contributed by atoms with van der Waals surface area (Å²) in [5, 5.41) is 2.56. The van der Waals surface area contributed by atoms with Gasteiger partial charge in [0.25, 0.3) is 0 Å². The number of hydrogen-bond donors (Lipinski definition) is 0. The molecule has 15 heavy (non-hydrogen) atoms. The minimum Gasteiger partial charge on any atom is -0.260 e. The van der Waals surface area contributed by atoms with Gasteiger partial charge in [0.2, 0.25) is 0 Å². The lowest BCUT2D eigenvalue weighted by Gasteiger charge is -2.19. The molecule has 0 fully saturated rings. The molecule has 0 unspecified atom stereocenters. The average molecular weight is 199 g/mol. The summed E-state index contributed by atoms with van der Waals surface area (Å²) in [6, 6.07) is 8.63. The number of hydrogen-bond acceptors (Lipinski definition) is 1. The predicted molar refractivity (Wildman–Crippen MR) is 65.2 cm³/mol. The molecule has 0 N–H and O–H groups in total. The summed E-state index contributed by atoms with van der Waals surface area (Å²) in [7, 11) is 0. The second-order valence-electron chi connectivity index (χ2n) is 5.13. The number of rotatable bonds is 0. The Morgan fingerprint density at radius 2 is 1.80 bits per heavy atom. The lowest BCUT2D eigenvalue weighted by molar-refractivity contribution is 0.575. The van der Waals surface area contributed by atoms with Gasteiger partial charge in [0.1, 0.15) is 0 Å². The highest BCUT2D eigenvalue weighted by Crippen LogP contribution is 2.28. The summed E-state index contributed by atoms with van der Waals surface area (Å²) >= 11 is 0. The molecule has 0 aliphatic heterocycles. The van der Waals surface area contributed by atoms with E-state index in [9.17, 15) is 0 Å². The Morgan fingerprint density at radius 3 is 2.47 bits per heavy atom. The highest BCUT2D eigenvalue weighted by Gasteiger charge is 2.17. The van der Waals surface area contributed by atoms with Crippen molar-refractivity contribution >= 4 is 10.8 Å². The largest absolute Gasteiger partial charge is 0.260 e. The van der Waals surface area contributed by atoms with Crippen molar-refractivity contribution in [1.29, 1.82) is 0 Å². The fourth-order valence-corrected chi connectivity index (χ4v) is 1.89. The minimum absolute atomic E-state index is 0.106. The van der Waals surface area contributed by atoms with Crippen LogP contribution in [0.2, 0.25) is 0 Å². The zero-order chi connectivity index (χ0) is 11.1. The van der Waals surface area contributed by atoms with Gasteiger partial charge in [-0.15, -0.1) is 0 Å². The summed E-state index contributed by atoms with van der Waals surface area (Å²) in [5.41, 5.74) is 2.59. The first-order valence-electron chi connectivity index (χ1n) is 5.34. The molecule has 0 aliphatic rings. The third-order valence-electron chi connectivity index (χ3n) is 2.63. The van der Waals surface area contributed by atoms with Crippen LogP contribution in [-0.4, -0.2) is 4.98 Å². The fraction of sp³-hybridized carbons (Fsp3) is 0.357. The van der Waals surface area contributed by atoms with Crippen LogP contribution in [0, 0.1) is 6.92 Å². The van der Waals surface area contributed by atoms with Gasteiger partial charge in [-0.25, -0.2) is 0 Å². The van der Waals surface area contributed by atoms with E-state index in [4.69, 9.17) is 0 Å². The lowest BCUT2D eigenvalue weighted by Crippen LogP contribution is -2.13. The second kappa shape index (κ2) is 3.34. The van der Waals surface area contributed by atoms with Crippen molar-refractivity contribution in [3.63, 3.8) is 0 Å². The van der Waals surface area contributed by atoms with Gasteiger partial charge in [0, 0.05) is 17.0 Å². The van der Waals surface area contributed by atoms with Crippen LogP contribution in [0.5, 0.6) is 0 Å². The number of pyridine rings is 1. The minimum atomic E-state index is 0.106. The average Bonchev–Trinajstić information content (AvgIpc) is 2.15. The predicted octanol–water partition coefficient (Wildman–Crippen LogP) is 3.84. The van der Waals surface area contributed by atoms with Crippen molar-refractivity contribution in [2.75, 3.05) is 0 Å². The molecule has 0 bridgehead atoms. The van der Waals surface area contributed by atoms with E-state index in [0.717, 1.165) is 0 Å². The number of aryl methyl sites for hydroxylation is 1. The molecule has 0 atom stereocenters. The van der Waals surface area contributed by atoms with Crippen molar-refractivity contribution in [2.45, 2.75) is 33.1 Å². The van der Waals surface area contributed by atoms with E-state index in [1.807, 2.05) is 6.20 Å². The van der Waals surface area contributed by atoms with Gasteiger partial charge in [0.05, 0.1) is 5.69 Å². The SMILES string of the molecule is Cc1ccc2c(C(C)(C)C)nccc2c1. The van der Waals surface area contributed by atoms with Crippen LogP contribution < -0.4 is 0 Å². The smallest absolute Gasteiger partial charge is 0.0535 e. The maximum absolute atomic E-state index is 4.51. The van der Waals surface area contributed by atoms with Gasteiger partial charge in [0.15, 0.2) is 0 Å². The Morgan fingerprint density at radius 1 is 1.07 bits per heavy atom. The van der Waals surface area contributed by atoms with E-state index in [2.05, 4.69) is 56.9 Å². The first-order valence-corrected chi connectivity index (χ1v) is 5.34. The molecule has 0 spiro atoms. The molecule has 78 valence electrons. The normalized spacial score (nSPS) is 12.0. The van der Waals surface area contributed by atoms with Crippen LogP contribution in [0.15, 0.2) is 30.5 Å². The van der Waals surface area contributed by atoms with Gasteiger partial charge < -0.3 is 0 Å². The molecule has 1 heterocycles. The van der Waals surface area contributed by atoms with Crippen LogP contribution in [0.4, 0.5) is 0 Å². The van der Waals surface area contributed by atoms with E-state index in [1.54, 1.807) is 0 Å². The molecular weight excluding hydrogens is 182 g/mol. The van der Waals surface area contributed by atoms with Crippen molar-refractivity contribution < 1.29 is 0 Å². The zero-order valence-electron chi connectivity index (χ0n) is 9.83. The molecule has 1 aromatic carbocycles. The Kier molecular flexibility index (Phi) is 2.26. The molecule has 2 rings (SSSR count). The van der Waals surface area contributed by atoms with Gasteiger partial charge in [-0.1, -0.05) is 44.5 Å². The number of fused-ring (bicyclic) bond motifs is 1. The topological polar surface area (TPSA) is 12.9 Å². The summed E-state index contributed by atoms with van der Waals surface area (Å²) in [6.07, 6.45) is 1.91. The molecule has 1 heteroatoms. The first kappa shape index (κ1) is 10.2. The monoisotopic (exact) mass is 199 g/mol. The Bertz CT molecular complexity index is 492. The van der Waals surface area contributed by atoms with Gasteiger partial charge >= 0.3 is 0 Å². The highest BCUT2D eigenvalue weighted by atomic mass is 14.7. The Balaban J connectivity index is 2.77. The van der Waals surface area contributed by atoms with E-state index >= 15 is 0 Å². The second-order valence-corrected chi connectivity index (χ2v) is 5.13. The molecule has 0 saturated carbocycles. The number of benzene rings is 1. The Labute approximate surface area is 91.2 Å². The van der Waals surface area contributed by atoms with Gasteiger partial charge in [-0.3, -0.25) is 4.98 Å². The van der Waals surface area contributed by atoms with E-state index in [-0.39, 0.29) is 5.41 Å². The number of aromatic nitrogens is 1. The number of nitrogens with zero attached hydrogens (tertiary/aromatic N) is 1. The summed E-state index contributed by atoms with van der Waals surface area (Å²) < 4.78 is 0. The lowest BCUT2D eigenvalue weighted by atomic mass is 9.88. The third kappa shape index (κ3) is 1.87. The van der Waals surface area contributed by atoms with Crippen LogP contribution in [0.1, 0.15) is 32.0 Å². The summed E-state index contributed by atoms with van der Waals surface area (Å²) in [6.45, 7) is 8.73.